The van der Waals surface area contributed by atoms with Crippen LogP contribution in [0.25, 0.3) is 10.8 Å². The van der Waals surface area contributed by atoms with E-state index in [1.165, 1.54) is 0 Å². The summed E-state index contributed by atoms with van der Waals surface area (Å²) in [6.07, 6.45) is 1.18. The van der Waals surface area contributed by atoms with Crippen LogP contribution in [0.5, 0.6) is 0 Å². The van der Waals surface area contributed by atoms with Crippen LogP contribution in [-0.2, 0) is 4.79 Å². The quantitative estimate of drug-likeness (QED) is 0.794. The summed E-state index contributed by atoms with van der Waals surface area (Å²) in [6, 6.07) is 7.58. The zero-order valence-corrected chi connectivity index (χ0v) is 9.60. The third-order valence-electron chi connectivity index (χ3n) is 2.45. The second kappa shape index (κ2) is 4.78. The Balaban J connectivity index is 2.33. The Hall–Kier alpha value is -2.17. The Morgan fingerprint density at radius 1 is 1.35 bits per heavy atom. The molecule has 0 spiro atoms. The number of nitrogen functional groups attached to an aromatic ring is 1. The molecule has 0 saturated heterocycles. The third kappa shape index (κ3) is 2.33. The number of anilines is 1. The lowest BCUT2D eigenvalue weighted by Gasteiger charge is -1.90. The summed E-state index contributed by atoms with van der Waals surface area (Å²) >= 11 is 0. The van der Waals surface area contributed by atoms with E-state index < -0.39 is 0 Å². The smallest absolute Gasteiger partial charge is 0.264 e. The van der Waals surface area contributed by atoms with E-state index in [0.29, 0.717) is 18.1 Å². The highest BCUT2D eigenvalue weighted by molar-refractivity contribution is 5.99. The Morgan fingerprint density at radius 2 is 2.06 bits per heavy atom. The van der Waals surface area contributed by atoms with Crippen LogP contribution in [0.15, 0.2) is 34.5 Å². The van der Waals surface area contributed by atoms with Gasteiger partial charge in [-0.2, -0.15) is 0 Å². The van der Waals surface area contributed by atoms with Crippen molar-refractivity contribution in [2.45, 2.75) is 19.8 Å². The van der Waals surface area contributed by atoms with Gasteiger partial charge in [-0.05, 0) is 6.42 Å². The van der Waals surface area contributed by atoms with E-state index in [0.717, 1.165) is 17.2 Å². The summed E-state index contributed by atoms with van der Waals surface area (Å²) in [5, 5.41) is 9.33. The number of carbonyl (C=O) groups excluding carboxylic acids is 1. The average molecular weight is 230 g/mol. The molecule has 0 unspecified atom stereocenters. The van der Waals surface area contributed by atoms with Gasteiger partial charge in [-0.25, -0.2) is 0 Å². The lowest BCUT2D eigenvalue weighted by molar-refractivity contribution is -0.118. The van der Waals surface area contributed by atoms with Gasteiger partial charge in [0.05, 0.1) is 0 Å². The molecule has 1 amide bonds. The van der Waals surface area contributed by atoms with E-state index in [1.807, 2.05) is 31.2 Å². The van der Waals surface area contributed by atoms with Gasteiger partial charge in [0, 0.05) is 17.2 Å². The summed E-state index contributed by atoms with van der Waals surface area (Å²) in [5.74, 6) is 0.852. The van der Waals surface area contributed by atoms with Crippen LogP contribution in [-0.4, -0.2) is 10.9 Å². The molecule has 17 heavy (non-hydrogen) atoms. The molecule has 5 nitrogen and oxygen atoms in total. The van der Waals surface area contributed by atoms with Crippen molar-refractivity contribution in [1.29, 1.82) is 0 Å². The first kappa shape index (κ1) is 11.3. The van der Waals surface area contributed by atoms with Gasteiger partial charge < -0.3 is 10.7 Å². The Morgan fingerprint density at radius 3 is 2.76 bits per heavy atom. The zero-order chi connectivity index (χ0) is 12.3. The van der Waals surface area contributed by atoms with Crippen molar-refractivity contribution in [3.8, 4) is 0 Å². The van der Waals surface area contributed by atoms with Crippen molar-refractivity contribution >= 4 is 28.3 Å². The van der Waals surface area contributed by atoms with Crippen molar-refractivity contribution in [2.24, 2.45) is 10.2 Å². The number of nitrogens with two attached hydrogens (primary N) is 1. The maximum atomic E-state index is 11.3. The predicted octanol–water partition coefficient (Wildman–Crippen LogP) is 3.16. The number of hydrogen-bond donors (Lipinski definition) is 2. The van der Waals surface area contributed by atoms with Gasteiger partial charge in [0.15, 0.2) is 5.82 Å². The lowest BCUT2D eigenvalue weighted by Crippen LogP contribution is -1.88. The van der Waals surface area contributed by atoms with Crippen molar-refractivity contribution in [3.05, 3.63) is 24.3 Å². The van der Waals surface area contributed by atoms with Gasteiger partial charge in [0.1, 0.15) is 5.82 Å². The summed E-state index contributed by atoms with van der Waals surface area (Å²) in [6.45, 7) is 1.93. The van der Waals surface area contributed by atoms with Crippen LogP contribution < -0.4 is 5.73 Å². The number of aromatic nitrogens is 1. The summed E-state index contributed by atoms with van der Waals surface area (Å²) in [4.78, 5) is 14.2. The van der Waals surface area contributed by atoms with Crippen molar-refractivity contribution in [1.82, 2.24) is 4.98 Å². The zero-order valence-electron chi connectivity index (χ0n) is 9.60. The van der Waals surface area contributed by atoms with Crippen LogP contribution in [0, 0.1) is 0 Å². The fraction of sp³-hybridized carbons (Fsp3) is 0.250. The lowest BCUT2D eigenvalue weighted by atomic mass is 10.2. The molecule has 2 aromatic rings. The van der Waals surface area contributed by atoms with Gasteiger partial charge in [0.2, 0.25) is 0 Å². The molecule has 1 aromatic carbocycles. The number of nitrogens with zero attached hydrogens (tertiary/aromatic N) is 2. The number of aromatic amines is 1. The maximum Gasteiger partial charge on any atom is 0.264 e. The van der Waals surface area contributed by atoms with Crippen LogP contribution in [0.3, 0.4) is 0 Å². The number of nitrogens with one attached hydrogen (secondary N) is 1. The Kier molecular flexibility index (Phi) is 3.18. The van der Waals surface area contributed by atoms with Gasteiger partial charge >= 0.3 is 0 Å². The number of amides is 1. The molecule has 2 rings (SSSR count). The Labute approximate surface area is 98.7 Å². The molecule has 0 aliphatic heterocycles. The van der Waals surface area contributed by atoms with Crippen LogP contribution >= 0.6 is 0 Å². The molecule has 0 bridgehead atoms. The van der Waals surface area contributed by atoms with Crippen LogP contribution in [0.4, 0.5) is 11.6 Å². The second-order valence-corrected chi connectivity index (χ2v) is 3.78. The van der Waals surface area contributed by atoms with Crippen molar-refractivity contribution in [2.75, 3.05) is 5.73 Å². The first-order valence-corrected chi connectivity index (χ1v) is 5.53. The van der Waals surface area contributed by atoms with E-state index in [1.54, 1.807) is 0 Å². The Bertz CT molecular complexity index is 571. The first-order valence-electron chi connectivity index (χ1n) is 5.53. The molecule has 0 aliphatic rings. The number of fused-ring (bicyclic) bond motifs is 1. The molecule has 5 heteroatoms. The fourth-order valence-corrected chi connectivity index (χ4v) is 1.64. The van der Waals surface area contributed by atoms with E-state index in [9.17, 15) is 4.79 Å². The van der Waals surface area contributed by atoms with Crippen molar-refractivity contribution in [3.63, 3.8) is 0 Å². The molecule has 1 aromatic heterocycles. The summed E-state index contributed by atoms with van der Waals surface area (Å²) in [5.41, 5.74) is 5.80. The molecule has 0 saturated carbocycles. The van der Waals surface area contributed by atoms with E-state index in [-0.39, 0.29) is 5.91 Å². The number of H-pyrrole nitrogens is 1. The van der Waals surface area contributed by atoms with Gasteiger partial charge in [0.25, 0.3) is 5.91 Å². The second-order valence-electron chi connectivity index (χ2n) is 3.78. The number of rotatable bonds is 3. The minimum Gasteiger partial charge on any atom is -0.385 e. The predicted molar refractivity (Wildman–Crippen MR) is 67.1 cm³/mol. The molecule has 0 radical (unpaired) electrons. The fourth-order valence-electron chi connectivity index (χ4n) is 1.64. The summed E-state index contributed by atoms with van der Waals surface area (Å²) < 4.78 is 0. The maximum absolute atomic E-state index is 11.3. The standard InChI is InChI=1S/C12H14N4O/c1-2-5-10(17)15-16-12-9-7-4-3-6-8(9)11(13)14-12/h3-4,6-7,14H,2,5,13H2,1H3. The molecule has 0 aliphatic carbocycles. The number of azo groups is 1. The molecule has 0 fully saturated rings. The van der Waals surface area contributed by atoms with Crippen LogP contribution in [0.2, 0.25) is 0 Å². The van der Waals surface area contributed by atoms with E-state index in [4.69, 9.17) is 5.73 Å². The van der Waals surface area contributed by atoms with E-state index >= 15 is 0 Å². The van der Waals surface area contributed by atoms with Crippen LogP contribution in [0.1, 0.15) is 19.8 Å². The topological polar surface area (TPSA) is 83.6 Å². The van der Waals surface area contributed by atoms with Gasteiger partial charge in [-0.15, -0.1) is 10.2 Å². The average Bonchev–Trinajstić information content (AvgIpc) is 2.65. The molecule has 0 atom stereocenters. The highest BCUT2D eigenvalue weighted by Gasteiger charge is 2.06. The van der Waals surface area contributed by atoms with Gasteiger partial charge in [-0.3, -0.25) is 4.79 Å². The first-order chi connectivity index (χ1) is 8.22. The normalized spacial score (nSPS) is 11.4. The summed E-state index contributed by atoms with van der Waals surface area (Å²) in [7, 11) is 0. The molecule has 88 valence electrons. The third-order valence-corrected chi connectivity index (χ3v) is 2.45. The van der Waals surface area contributed by atoms with E-state index in [2.05, 4.69) is 15.2 Å². The SMILES string of the molecule is CCCC(=O)N=Nc1[nH]c(N)c2ccccc12. The highest BCUT2D eigenvalue weighted by atomic mass is 16.1. The monoisotopic (exact) mass is 230 g/mol. The molecule has 1 heterocycles. The number of hydrogen-bond acceptors (Lipinski definition) is 3. The van der Waals surface area contributed by atoms with Crippen molar-refractivity contribution < 1.29 is 4.79 Å². The number of carbonyl (C=O) groups is 1. The molecular formula is C12H14N4O. The minimum atomic E-state index is -0.218. The molecule has 3 N–H and O–H groups in total. The van der Waals surface area contributed by atoms with Gasteiger partial charge in [-0.1, -0.05) is 31.2 Å². The highest BCUT2D eigenvalue weighted by Crippen LogP contribution is 2.30. The largest absolute Gasteiger partial charge is 0.385 e. The minimum absolute atomic E-state index is 0.218. The number of benzene rings is 1. The molecular weight excluding hydrogens is 216 g/mol.